The molecule has 29 heavy (non-hydrogen) atoms. The third-order valence-corrected chi connectivity index (χ3v) is 4.95. The van der Waals surface area contributed by atoms with E-state index >= 15 is 0 Å². The van der Waals surface area contributed by atoms with Gasteiger partial charge in [0.05, 0.1) is 6.33 Å². The molecular formula is C22H21FN4O2. The topological polar surface area (TPSA) is 79.8 Å². The van der Waals surface area contributed by atoms with Crippen LogP contribution in [0.3, 0.4) is 0 Å². The molecule has 4 aromatic rings. The molecular weight excluding hydrogens is 371 g/mol. The van der Waals surface area contributed by atoms with E-state index in [0.717, 1.165) is 11.3 Å². The van der Waals surface area contributed by atoms with E-state index in [1.165, 1.54) is 23.0 Å². The monoisotopic (exact) mass is 392 g/mol. The highest BCUT2D eigenvalue weighted by Gasteiger charge is 2.12. The van der Waals surface area contributed by atoms with E-state index in [1.54, 1.807) is 6.07 Å². The standard InChI is InChI=1S/C22H21FN4O2/c1-13(2)14-4-3-5-16(10-14)25-19(28)8-9-27-12-24-20-17-11-15(23)6-7-18(17)26-21(20)22(27)29/h3-7,10-13,26H,8-9H2,1-2H3,(H,25,28). The summed E-state index contributed by atoms with van der Waals surface area (Å²) in [5, 5.41) is 3.43. The molecule has 0 saturated heterocycles. The molecule has 0 atom stereocenters. The highest BCUT2D eigenvalue weighted by atomic mass is 19.1. The minimum Gasteiger partial charge on any atom is -0.349 e. The predicted molar refractivity (Wildman–Crippen MR) is 112 cm³/mol. The molecule has 148 valence electrons. The van der Waals surface area contributed by atoms with Crippen molar-refractivity contribution in [3.63, 3.8) is 0 Å². The Morgan fingerprint density at radius 1 is 1.24 bits per heavy atom. The Morgan fingerprint density at radius 3 is 2.86 bits per heavy atom. The van der Waals surface area contributed by atoms with Crippen molar-refractivity contribution in [2.24, 2.45) is 0 Å². The number of aromatic amines is 1. The Bertz CT molecular complexity index is 1270. The van der Waals surface area contributed by atoms with Crippen LogP contribution >= 0.6 is 0 Å². The summed E-state index contributed by atoms with van der Waals surface area (Å²) in [6.45, 7) is 4.38. The Balaban J connectivity index is 1.51. The third-order valence-electron chi connectivity index (χ3n) is 4.95. The summed E-state index contributed by atoms with van der Waals surface area (Å²) in [4.78, 5) is 32.4. The first kappa shape index (κ1) is 18.9. The zero-order chi connectivity index (χ0) is 20.5. The molecule has 0 radical (unpaired) electrons. The number of halogens is 1. The van der Waals surface area contributed by atoms with E-state index in [-0.39, 0.29) is 30.2 Å². The lowest BCUT2D eigenvalue weighted by Gasteiger charge is -2.10. The quantitative estimate of drug-likeness (QED) is 0.535. The number of anilines is 1. The van der Waals surface area contributed by atoms with Gasteiger partial charge in [0.2, 0.25) is 5.91 Å². The van der Waals surface area contributed by atoms with Crippen LogP contribution < -0.4 is 10.9 Å². The zero-order valence-electron chi connectivity index (χ0n) is 16.2. The zero-order valence-corrected chi connectivity index (χ0v) is 16.2. The molecule has 2 N–H and O–H groups in total. The Morgan fingerprint density at radius 2 is 2.07 bits per heavy atom. The van der Waals surface area contributed by atoms with Crippen molar-refractivity contribution in [1.29, 1.82) is 0 Å². The average Bonchev–Trinajstić information content (AvgIpc) is 3.06. The van der Waals surface area contributed by atoms with Crippen LogP contribution in [0.5, 0.6) is 0 Å². The van der Waals surface area contributed by atoms with Crippen LogP contribution in [0, 0.1) is 5.82 Å². The number of hydrogen-bond donors (Lipinski definition) is 2. The molecule has 7 heteroatoms. The van der Waals surface area contributed by atoms with E-state index in [4.69, 9.17) is 0 Å². The summed E-state index contributed by atoms with van der Waals surface area (Å²) in [6, 6.07) is 12.0. The van der Waals surface area contributed by atoms with Crippen molar-refractivity contribution < 1.29 is 9.18 Å². The molecule has 1 amide bonds. The van der Waals surface area contributed by atoms with Gasteiger partial charge in [0.25, 0.3) is 5.56 Å². The van der Waals surface area contributed by atoms with Gasteiger partial charge in [0.1, 0.15) is 16.9 Å². The minimum atomic E-state index is -0.386. The van der Waals surface area contributed by atoms with E-state index in [1.807, 2.05) is 24.3 Å². The first-order valence-electron chi connectivity index (χ1n) is 9.48. The van der Waals surface area contributed by atoms with Crippen LogP contribution in [-0.2, 0) is 11.3 Å². The summed E-state index contributed by atoms with van der Waals surface area (Å²) in [6.07, 6.45) is 1.53. The van der Waals surface area contributed by atoms with Gasteiger partial charge >= 0.3 is 0 Å². The van der Waals surface area contributed by atoms with Crippen LogP contribution in [0.2, 0.25) is 0 Å². The van der Waals surface area contributed by atoms with Gasteiger partial charge < -0.3 is 10.3 Å². The molecule has 2 aromatic heterocycles. The van der Waals surface area contributed by atoms with E-state index in [2.05, 4.69) is 29.1 Å². The van der Waals surface area contributed by atoms with E-state index in [0.29, 0.717) is 27.9 Å². The largest absolute Gasteiger partial charge is 0.349 e. The summed E-state index contributed by atoms with van der Waals surface area (Å²) in [5.74, 6) is -0.202. The van der Waals surface area contributed by atoms with Gasteiger partial charge in [-0.25, -0.2) is 9.37 Å². The lowest BCUT2D eigenvalue weighted by Crippen LogP contribution is -2.23. The van der Waals surface area contributed by atoms with Gasteiger partial charge in [-0.3, -0.25) is 14.2 Å². The second kappa shape index (κ2) is 7.50. The summed E-state index contributed by atoms with van der Waals surface area (Å²) in [5.41, 5.74) is 2.96. The molecule has 0 spiro atoms. The maximum atomic E-state index is 13.5. The predicted octanol–water partition coefficient (Wildman–Crippen LogP) is 4.17. The molecule has 0 bridgehead atoms. The maximum absolute atomic E-state index is 13.5. The lowest BCUT2D eigenvalue weighted by molar-refractivity contribution is -0.116. The number of amides is 1. The van der Waals surface area contributed by atoms with Gasteiger partial charge in [-0.05, 0) is 41.8 Å². The Hall–Kier alpha value is -3.48. The molecule has 0 aliphatic rings. The molecule has 4 rings (SSSR count). The summed E-state index contributed by atoms with van der Waals surface area (Å²) in [7, 11) is 0. The number of H-pyrrole nitrogens is 1. The average molecular weight is 392 g/mol. The number of aryl methyl sites for hydroxylation is 1. The molecule has 0 saturated carbocycles. The number of aromatic nitrogens is 3. The van der Waals surface area contributed by atoms with Crippen LogP contribution in [0.4, 0.5) is 10.1 Å². The van der Waals surface area contributed by atoms with Gasteiger partial charge in [-0.2, -0.15) is 0 Å². The molecule has 2 heterocycles. The van der Waals surface area contributed by atoms with Crippen LogP contribution in [-0.4, -0.2) is 20.4 Å². The number of carbonyl (C=O) groups is 1. The lowest BCUT2D eigenvalue weighted by atomic mass is 10.0. The Labute approximate surface area is 166 Å². The summed E-state index contributed by atoms with van der Waals surface area (Å²) >= 11 is 0. The first-order chi connectivity index (χ1) is 13.9. The van der Waals surface area contributed by atoms with E-state index < -0.39 is 0 Å². The number of rotatable bonds is 5. The van der Waals surface area contributed by atoms with Crippen molar-refractivity contribution in [1.82, 2.24) is 14.5 Å². The molecule has 2 aromatic carbocycles. The fourth-order valence-corrected chi connectivity index (χ4v) is 3.34. The number of nitrogens with zero attached hydrogens (tertiary/aromatic N) is 2. The van der Waals surface area contributed by atoms with Crippen molar-refractivity contribution in [3.05, 3.63) is 70.5 Å². The highest BCUT2D eigenvalue weighted by Crippen LogP contribution is 2.22. The number of carbonyl (C=O) groups excluding carboxylic acids is 1. The van der Waals surface area contributed by atoms with Gasteiger partial charge in [-0.1, -0.05) is 26.0 Å². The van der Waals surface area contributed by atoms with Crippen molar-refractivity contribution in [3.8, 4) is 0 Å². The second-order valence-corrected chi connectivity index (χ2v) is 7.36. The molecule has 0 aliphatic heterocycles. The van der Waals surface area contributed by atoms with Crippen LogP contribution in [0.1, 0.15) is 31.7 Å². The van der Waals surface area contributed by atoms with Crippen molar-refractivity contribution in [2.75, 3.05) is 5.32 Å². The SMILES string of the molecule is CC(C)c1cccc(NC(=O)CCn2cnc3c([nH]c4ccc(F)cc43)c2=O)c1. The molecule has 0 unspecified atom stereocenters. The van der Waals surface area contributed by atoms with E-state index in [9.17, 15) is 14.0 Å². The van der Waals surface area contributed by atoms with Gasteiger partial charge in [-0.15, -0.1) is 0 Å². The summed E-state index contributed by atoms with van der Waals surface area (Å²) < 4.78 is 14.9. The third kappa shape index (κ3) is 3.76. The van der Waals surface area contributed by atoms with Crippen molar-refractivity contribution in [2.45, 2.75) is 32.7 Å². The molecule has 6 nitrogen and oxygen atoms in total. The van der Waals surface area contributed by atoms with Crippen LogP contribution in [0.25, 0.3) is 21.9 Å². The smallest absolute Gasteiger partial charge is 0.277 e. The van der Waals surface area contributed by atoms with Gasteiger partial charge in [0, 0.05) is 29.6 Å². The second-order valence-electron chi connectivity index (χ2n) is 7.36. The minimum absolute atomic E-state index is 0.133. The fraction of sp³-hybridized carbons (Fsp3) is 0.227. The van der Waals surface area contributed by atoms with Crippen LogP contribution in [0.15, 0.2) is 53.6 Å². The molecule has 0 aliphatic carbocycles. The Kier molecular flexibility index (Phi) is 4.88. The first-order valence-corrected chi connectivity index (χ1v) is 9.48. The fourth-order valence-electron chi connectivity index (χ4n) is 3.34. The maximum Gasteiger partial charge on any atom is 0.277 e. The number of nitrogens with one attached hydrogen (secondary N) is 2. The number of fused-ring (bicyclic) bond motifs is 3. The normalized spacial score (nSPS) is 11.4. The van der Waals surface area contributed by atoms with Crippen molar-refractivity contribution >= 4 is 33.5 Å². The van der Waals surface area contributed by atoms with Gasteiger partial charge in [0.15, 0.2) is 0 Å². The number of hydrogen-bond acceptors (Lipinski definition) is 3. The molecule has 0 fully saturated rings. The highest BCUT2D eigenvalue weighted by molar-refractivity contribution is 6.04. The number of benzene rings is 2.